The molecule has 0 aliphatic carbocycles. The lowest BCUT2D eigenvalue weighted by Crippen LogP contribution is -2.56. The zero-order chi connectivity index (χ0) is 17.7. The van der Waals surface area contributed by atoms with Crippen molar-refractivity contribution < 1.29 is 19.1 Å². The summed E-state index contributed by atoms with van der Waals surface area (Å²) in [7, 11) is 0. The topological polar surface area (TPSA) is 86.0 Å². The molecular formula is C17H27N3O4. The van der Waals surface area contributed by atoms with Gasteiger partial charge in [0.25, 0.3) is 0 Å². The summed E-state index contributed by atoms with van der Waals surface area (Å²) in [5, 5.41) is 11.6. The van der Waals surface area contributed by atoms with Crippen LogP contribution in [0, 0.1) is 0 Å². The monoisotopic (exact) mass is 337 g/mol. The number of carbonyl (C=O) groups excluding carboxylic acids is 1. The quantitative estimate of drug-likeness (QED) is 0.782. The van der Waals surface area contributed by atoms with Gasteiger partial charge in [-0.2, -0.15) is 0 Å². The van der Waals surface area contributed by atoms with E-state index in [9.17, 15) is 9.59 Å². The molecule has 134 valence electrons. The van der Waals surface area contributed by atoms with E-state index in [0.29, 0.717) is 24.4 Å². The Morgan fingerprint density at radius 3 is 2.71 bits per heavy atom. The molecule has 7 heteroatoms. The molecule has 7 nitrogen and oxygen atoms in total. The highest BCUT2D eigenvalue weighted by molar-refractivity contribution is 5.84. The Balaban J connectivity index is 1.79. The molecule has 1 unspecified atom stereocenters. The summed E-state index contributed by atoms with van der Waals surface area (Å²) >= 11 is 0. The fraction of sp³-hybridized carbons (Fsp3) is 0.647. The molecule has 0 aromatic carbocycles. The highest BCUT2D eigenvalue weighted by Crippen LogP contribution is 2.15. The van der Waals surface area contributed by atoms with Gasteiger partial charge in [-0.25, -0.2) is 4.79 Å². The molecule has 1 amide bonds. The van der Waals surface area contributed by atoms with E-state index in [0.717, 1.165) is 26.1 Å². The van der Waals surface area contributed by atoms with Crippen molar-refractivity contribution in [1.29, 1.82) is 0 Å². The summed E-state index contributed by atoms with van der Waals surface area (Å²) in [4.78, 5) is 27.5. The van der Waals surface area contributed by atoms with Crippen molar-refractivity contribution >= 4 is 11.9 Å². The molecule has 1 aromatic rings. The van der Waals surface area contributed by atoms with Crippen molar-refractivity contribution in [2.75, 3.05) is 26.2 Å². The number of aromatic carboxylic acids is 1. The van der Waals surface area contributed by atoms with Crippen LogP contribution < -0.4 is 5.32 Å². The zero-order valence-corrected chi connectivity index (χ0v) is 14.6. The summed E-state index contributed by atoms with van der Waals surface area (Å²) < 4.78 is 5.13. The fourth-order valence-electron chi connectivity index (χ4n) is 3.15. The van der Waals surface area contributed by atoms with Gasteiger partial charge in [0.15, 0.2) is 0 Å². The van der Waals surface area contributed by atoms with Gasteiger partial charge in [0.05, 0.1) is 13.1 Å². The minimum Gasteiger partial charge on any atom is -0.475 e. The zero-order valence-electron chi connectivity index (χ0n) is 14.6. The third kappa shape index (κ3) is 4.82. The van der Waals surface area contributed by atoms with E-state index in [1.54, 1.807) is 6.07 Å². The molecule has 1 fully saturated rings. The summed E-state index contributed by atoms with van der Waals surface area (Å²) in [6.45, 7) is 9.91. The Bertz CT molecular complexity index is 570. The molecule has 0 bridgehead atoms. The first-order chi connectivity index (χ1) is 11.4. The second-order valence-electron chi connectivity index (χ2n) is 6.48. The standard InChI is InChI=1S/C17H27N3O4/c1-4-13-10-19(7-8-20(13)12(2)3)11-16(21)18-9-14-5-6-15(24-14)17(22)23/h5-6,12-13H,4,7-11H2,1-3H3,(H,18,21)(H,22,23). The Morgan fingerprint density at radius 1 is 1.38 bits per heavy atom. The SMILES string of the molecule is CCC1CN(CC(=O)NCc2ccc(C(=O)O)o2)CCN1C(C)C. The Labute approximate surface area is 142 Å². The average Bonchev–Trinajstić information content (AvgIpc) is 3.01. The van der Waals surface area contributed by atoms with Crippen LogP contribution in [0.5, 0.6) is 0 Å². The van der Waals surface area contributed by atoms with E-state index >= 15 is 0 Å². The summed E-state index contributed by atoms with van der Waals surface area (Å²) in [6, 6.07) is 3.96. The predicted octanol–water partition coefficient (Wildman–Crippen LogP) is 1.40. The molecule has 2 rings (SSSR count). The second-order valence-corrected chi connectivity index (χ2v) is 6.48. The third-order valence-electron chi connectivity index (χ3n) is 4.45. The number of hydrogen-bond donors (Lipinski definition) is 2. The van der Waals surface area contributed by atoms with Crippen molar-refractivity contribution in [2.45, 2.75) is 45.8 Å². The van der Waals surface area contributed by atoms with E-state index < -0.39 is 5.97 Å². The first kappa shape index (κ1) is 18.5. The van der Waals surface area contributed by atoms with Gasteiger partial charge in [0.2, 0.25) is 11.7 Å². The molecule has 24 heavy (non-hydrogen) atoms. The molecule has 1 saturated heterocycles. The number of carboxylic acids is 1. The van der Waals surface area contributed by atoms with E-state index in [1.807, 2.05) is 0 Å². The minimum absolute atomic E-state index is 0.0730. The number of hydrogen-bond acceptors (Lipinski definition) is 5. The van der Waals surface area contributed by atoms with Crippen LogP contribution in [-0.2, 0) is 11.3 Å². The lowest BCUT2D eigenvalue weighted by atomic mass is 10.1. The van der Waals surface area contributed by atoms with Crippen LogP contribution in [0.4, 0.5) is 0 Å². The maximum absolute atomic E-state index is 12.1. The summed E-state index contributed by atoms with van der Waals surface area (Å²) in [6.07, 6.45) is 1.07. The van der Waals surface area contributed by atoms with Crippen LogP contribution in [-0.4, -0.2) is 65.0 Å². The van der Waals surface area contributed by atoms with Gasteiger partial charge in [-0.15, -0.1) is 0 Å². The van der Waals surface area contributed by atoms with Gasteiger partial charge < -0.3 is 14.8 Å². The van der Waals surface area contributed by atoms with Crippen LogP contribution >= 0.6 is 0 Å². The first-order valence-corrected chi connectivity index (χ1v) is 8.47. The van der Waals surface area contributed by atoms with Crippen LogP contribution in [0.15, 0.2) is 16.5 Å². The third-order valence-corrected chi connectivity index (χ3v) is 4.45. The van der Waals surface area contributed by atoms with Crippen molar-refractivity contribution in [1.82, 2.24) is 15.1 Å². The maximum atomic E-state index is 12.1. The normalized spacial score (nSPS) is 19.6. The summed E-state index contributed by atoms with van der Waals surface area (Å²) in [5.41, 5.74) is 0. The van der Waals surface area contributed by atoms with Crippen LogP contribution in [0.3, 0.4) is 0 Å². The lowest BCUT2D eigenvalue weighted by molar-refractivity contribution is -0.123. The van der Waals surface area contributed by atoms with Gasteiger partial charge in [-0.05, 0) is 32.4 Å². The van der Waals surface area contributed by atoms with Gasteiger partial charge in [0.1, 0.15) is 5.76 Å². The fourth-order valence-corrected chi connectivity index (χ4v) is 3.15. The number of amides is 1. The second kappa shape index (κ2) is 8.30. The number of carboxylic acid groups (broad SMARTS) is 1. The first-order valence-electron chi connectivity index (χ1n) is 8.47. The van der Waals surface area contributed by atoms with Crippen LogP contribution in [0.2, 0.25) is 0 Å². The molecule has 2 heterocycles. The number of furan rings is 1. The molecule has 1 aliphatic rings. The van der Waals surface area contributed by atoms with E-state index in [1.165, 1.54) is 6.07 Å². The van der Waals surface area contributed by atoms with Gasteiger partial charge in [0, 0.05) is 31.7 Å². The molecular weight excluding hydrogens is 310 g/mol. The number of nitrogens with one attached hydrogen (secondary N) is 1. The van der Waals surface area contributed by atoms with E-state index in [4.69, 9.17) is 9.52 Å². The van der Waals surface area contributed by atoms with Crippen molar-refractivity contribution in [2.24, 2.45) is 0 Å². The lowest BCUT2D eigenvalue weighted by Gasteiger charge is -2.43. The largest absolute Gasteiger partial charge is 0.475 e. The smallest absolute Gasteiger partial charge is 0.371 e. The minimum atomic E-state index is -1.11. The van der Waals surface area contributed by atoms with Crippen LogP contribution in [0.1, 0.15) is 43.5 Å². The van der Waals surface area contributed by atoms with Gasteiger partial charge in [-0.3, -0.25) is 14.6 Å². The average molecular weight is 337 g/mol. The van der Waals surface area contributed by atoms with Crippen molar-refractivity contribution in [3.05, 3.63) is 23.7 Å². The maximum Gasteiger partial charge on any atom is 0.371 e. The Morgan fingerprint density at radius 2 is 2.12 bits per heavy atom. The molecule has 0 radical (unpaired) electrons. The van der Waals surface area contributed by atoms with E-state index in [2.05, 4.69) is 35.9 Å². The van der Waals surface area contributed by atoms with Crippen LogP contribution in [0.25, 0.3) is 0 Å². The highest BCUT2D eigenvalue weighted by atomic mass is 16.4. The number of carbonyl (C=O) groups is 2. The molecule has 1 aliphatic heterocycles. The van der Waals surface area contributed by atoms with Crippen molar-refractivity contribution in [3.63, 3.8) is 0 Å². The number of nitrogens with zero attached hydrogens (tertiary/aromatic N) is 2. The molecule has 1 atom stereocenters. The van der Waals surface area contributed by atoms with Gasteiger partial charge >= 0.3 is 5.97 Å². The van der Waals surface area contributed by atoms with E-state index in [-0.39, 0.29) is 18.2 Å². The Kier molecular flexibility index (Phi) is 6.39. The summed E-state index contributed by atoms with van der Waals surface area (Å²) in [5.74, 6) is -0.857. The highest BCUT2D eigenvalue weighted by Gasteiger charge is 2.28. The molecule has 2 N–H and O–H groups in total. The predicted molar refractivity (Wildman–Crippen MR) is 89.9 cm³/mol. The molecule has 0 spiro atoms. The number of piperazine rings is 1. The number of rotatable bonds is 7. The van der Waals surface area contributed by atoms with Crippen molar-refractivity contribution in [3.8, 4) is 0 Å². The Hall–Kier alpha value is -1.86. The molecule has 0 saturated carbocycles. The van der Waals surface area contributed by atoms with Gasteiger partial charge in [-0.1, -0.05) is 6.92 Å². The molecule has 1 aromatic heterocycles.